The van der Waals surface area contributed by atoms with Crippen molar-refractivity contribution in [2.24, 2.45) is 7.05 Å². The summed E-state index contributed by atoms with van der Waals surface area (Å²) in [5, 5.41) is 1.45. The van der Waals surface area contributed by atoms with Crippen molar-refractivity contribution in [2.75, 3.05) is 0 Å². The van der Waals surface area contributed by atoms with Crippen LogP contribution in [0.5, 0.6) is 0 Å². The topological polar surface area (TPSA) is 4.93 Å². The summed E-state index contributed by atoms with van der Waals surface area (Å²) in [5.74, 6) is 0. The van der Waals surface area contributed by atoms with Crippen LogP contribution in [0.2, 0.25) is 0 Å². The first-order valence-electron chi connectivity index (χ1n) is 8.55. The molecule has 0 unspecified atom stereocenters. The van der Waals surface area contributed by atoms with E-state index in [1.165, 1.54) is 39.7 Å². The number of rotatable bonds is 2. The minimum atomic E-state index is -0.649. The summed E-state index contributed by atoms with van der Waals surface area (Å²) in [4.78, 5) is 0. The Balaban J connectivity index is 0.000000980. The second-order valence-corrected chi connectivity index (χ2v) is 10.4. The molecule has 1 heterocycles. The van der Waals surface area contributed by atoms with Gasteiger partial charge in [0.2, 0.25) is 0 Å². The fourth-order valence-electron chi connectivity index (χ4n) is 4.16. The molecule has 0 aliphatic heterocycles. The van der Waals surface area contributed by atoms with Crippen LogP contribution in [-0.4, -0.2) is 4.57 Å². The standard InChI is InChI=1S/C17H14N.C5H5.2ClH.Zr/c1-11-7-8-16-14(9-11)15-10-12-5-3-4-6-13(12)17(15)18(16)2;1-2-4-5-3-1;;;/h3-4,6-9H,10H2,1-2H3;1-3H,4H2;2*1H;. The van der Waals surface area contributed by atoms with E-state index in [2.05, 4.69) is 73.2 Å². The third-order valence-corrected chi connectivity index (χ3v) is 8.83. The van der Waals surface area contributed by atoms with E-state index < -0.39 is 23.2 Å². The van der Waals surface area contributed by atoms with Gasteiger partial charge in [-0.05, 0) is 0 Å². The molecule has 0 atom stereocenters. The fraction of sp³-hybridized carbons (Fsp3) is 0.182. The molecule has 0 spiro atoms. The zero-order valence-corrected chi connectivity index (χ0v) is 19.0. The molecule has 1 aromatic heterocycles. The van der Waals surface area contributed by atoms with Crippen LogP contribution in [0.4, 0.5) is 0 Å². The zero-order valence-electron chi connectivity index (χ0n) is 14.9. The number of aromatic nitrogens is 1. The smallest absolute Gasteiger partial charge is 0.147 e. The molecule has 26 heavy (non-hydrogen) atoms. The molecule has 3 aromatic rings. The summed E-state index contributed by atoms with van der Waals surface area (Å²) in [7, 11) is 2.22. The Hall–Kier alpha value is -1.08. The third kappa shape index (κ3) is 2.97. The van der Waals surface area contributed by atoms with Crippen molar-refractivity contribution in [1.82, 2.24) is 4.57 Å². The minimum Gasteiger partial charge on any atom is -0.147 e. The van der Waals surface area contributed by atoms with Gasteiger partial charge >= 0.3 is 155 Å². The molecule has 0 saturated heterocycles. The zero-order chi connectivity index (χ0) is 16.3. The Morgan fingerprint density at radius 3 is 2.65 bits per heavy atom. The Labute approximate surface area is 178 Å². The largest absolute Gasteiger partial charge is 0.147 e. The minimum absolute atomic E-state index is 0. The van der Waals surface area contributed by atoms with Crippen LogP contribution in [0.3, 0.4) is 0 Å². The number of hydrogen-bond donors (Lipinski definition) is 0. The maximum Gasteiger partial charge on any atom is -0.147 e. The Morgan fingerprint density at radius 1 is 1.04 bits per heavy atom. The number of aryl methyl sites for hydroxylation is 2. The van der Waals surface area contributed by atoms with Crippen molar-refractivity contribution in [1.29, 1.82) is 0 Å². The van der Waals surface area contributed by atoms with Gasteiger partial charge in [0.25, 0.3) is 0 Å². The Kier molecular flexibility index (Phi) is 5.68. The van der Waals surface area contributed by atoms with Gasteiger partial charge in [-0.25, -0.2) is 0 Å². The fourth-order valence-corrected chi connectivity index (χ4v) is 7.36. The molecular formula is C22H21Cl2NZr. The molecule has 0 N–H and O–H groups in total. The van der Waals surface area contributed by atoms with Gasteiger partial charge in [-0.3, -0.25) is 0 Å². The number of fused-ring (bicyclic) bond motifs is 5. The molecule has 0 radical (unpaired) electrons. The Morgan fingerprint density at radius 2 is 1.88 bits per heavy atom. The summed E-state index contributed by atoms with van der Waals surface area (Å²) in [5.41, 5.74) is 8.80. The van der Waals surface area contributed by atoms with Crippen molar-refractivity contribution in [3.05, 3.63) is 74.6 Å². The molecule has 2 aliphatic carbocycles. The van der Waals surface area contributed by atoms with Crippen molar-refractivity contribution in [3.63, 3.8) is 0 Å². The predicted molar refractivity (Wildman–Crippen MR) is 112 cm³/mol. The number of benzene rings is 2. The van der Waals surface area contributed by atoms with Crippen molar-refractivity contribution >= 4 is 39.0 Å². The number of allylic oxidation sites excluding steroid dienone is 4. The number of nitrogens with zero attached hydrogens (tertiary/aromatic N) is 1. The van der Waals surface area contributed by atoms with Gasteiger partial charge in [-0.2, -0.15) is 0 Å². The van der Waals surface area contributed by atoms with E-state index in [9.17, 15) is 0 Å². The normalized spacial score (nSPS) is 13.7. The molecule has 2 aliphatic rings. The molecule has 4 heteroatoms. The van der Waals surface area contributed by atoms with Crippen LogP contribution in [0, 0.1) is 6.92 Å². The molecule has 5 rings (SSSR count). The van der Waals surface area contributed by atoms with Crippen molar-refractivity contribution in [3.8, 4) is 11.3 Å². The third-order valence-electron chi connectivity index (χ3n) is 5.31. The van der Waals surface area contributed by atoms with E-state index in [0.717, 1.165) is 6.42 Å². The summed E-state index contributed by atoms with van der Waals surface area (Å²) >= 11 is -0.649. The van der Waals surface area contributed by atoms with Crippen LogP contribution in [0.25, 0.3) is 22.2 Å². The van der Waals surface area contributed by atoms with Crippen LogP contribution < -0.4 is 3.27 Å². The van der Waals surface area contributed by atoms with Gasteiger partial charge in [0.05, 0.1) is 0 Å². The second kappa shape index (κ2) is 7.51. The molecule has 1 nitrogen and oxygen atoms in total. The number of halogens is 2. The average molecular weight is 462 g/mol. The van der Waals surface area contributed by atoms with E-state index >= 15 is 0 Å². The van der Waals surface area contributed by atoms with Crippen LogP contribution >= 0.6 is 24.8 Å². The molecule has 0 saturated carbocycles. The summed E-state index contributed by atoms with van der Waals surface area (Å²) in [6.45, 7) is 2.19. The quantitative estimate of drug-likeness (QED) is 0.374. The Bertz CT molecular complexity index is 1060. The summed E-state index contributed by atoms with van der Waals surface area (Å²) < 4.78 is 5.77. The molecule has 0 fully saturated rings. The van der Waals surface area contributed by atoms with E-state index in [1.54, 1.807) is 12.1 Å². The van der Waals surface area contributed by atoms with Gasteiger partial charge in [0, 0.05) is 0 Å². The molecule has 0 bridgehead atoms. The van der Waals surface area contributed by atoms with Gasteiger partial charge in [0.1, 0.15) is 0 Å². The van der Waals surface area contributed by atoms with Gasteiger partial charge in [-0.15, -0.1) is 24.8 Å². The van der Waals surface area contributed by atoms with Gasteiger partial charge in [0.15, 0.2) is 0 Å². The van der Waals surface area contributed by atoms with Crippen LogP contribution in [0.15, 0.2) is 57.9 Å². The van der Waals surface area contributed by atoms with Crippen LogP contribution in [-0.2, 0) is 36.7 Å². The maximum absolute atomic E-state index is 2.40. The van der Waals surface area contributed by atoms with Crippen molar-refractivity contribution in [2.45, 2.75) is 19.8 Å². The van der Waals surface area contributed by atoms with Crippen LogP contribution in [0.1, 0.15) is 23.1 Å². The molecular weight excluding hydrogens is 440 g/mol. The second-order valence-electron chi connectivity index (χ2n) is 6.86. The van der Waals surface area contributed by atoms with E-state index in [-0.39, 0.29) is 24.8 Å². The first-order chi connectivity index (χ1) is 11.7. The van der Waals surface area contributed by atoms with E-state index in [4.69, 9.17) is 0 Å². The number of hydrogen-bond acceptors (Lipinski definition) is 0. The molecule has 0 amide bonds. The SMILES string of the molecule is Cc1ccc2c(c1)c1c(n2C)-c2ccc[c]([Zr][C]3=CC=CC3)c2C1.Cl.Cl. The predicted octanol–water partition coefficient (Wildman–Crippen LogP) is 5.45. The van der Waals surface area contributed by atoms with Gasteiger partial charge < -0.3 is 0 Å². The monoisotopic (exact) mass is 459 g/mol. The first kappa shape index (κ1) is 19.7. The molecule has 2 aromatic carbocycles. The maximum atomic E-state index is 2.40. The summed E-state index contributed by atoms with van der Waals surface area (Å²) in [6, 6.07) is 13.9. The molecule has 132 valence electrons. The van der Waals surface area contributed by atoms with E-state index in [1.807, 2.05) is 0 Å². The first-order valence-corrected chi connectivity index (χ1v) is 11.0. The van der Waals surface area contributed by atoms with Gasteiger partial charge in [-0.1, -0.05) is 0 Å². The summed E-state index contributed by atoms with van der Waals surface area (Å²) in [6.07, 6.45) is 9.18. The van der Waals surface area contributed by atoms with Crippen molar-refractivity contribution < 1.29 is 23.2 Å². The average Bonchev–Trinajstić information content (AvgIpc) is 3.26. The van der Waals surface area contributed by atoms with E-state index in [0.29, 0.717) is 0 Å².